The van der Waals surface area contributed by atoms with Crippen LogP contribution in [0.5, 0.6) is 11.5 Å². The van der Waals surface area contributed by atoms with E-state index in [9.17, 15) is 9.59 Å². The van der Waals surface area contributed by atoms with Gasteiger partial charge in [0.15, 0.2) is 5.75 Å². The SMILES string of the molecule is CC(=O)N(CCNC(=O)CC(C)C)c1ccccc1Oc1ccccc1. The van der Waals surface area contributed by atoms with E-state index in [1.807, 2.05) is 68.4 Å². The number of ether oxygens (including phenoxy) is 1. The average Bonchev–Trinajstić information content (AvgIpc) is 2.59. The van der Waals surface area contributed by atoms with E-state index in [1.54, 1.807) is 4.90 Å². The van der Waals surface area contributed by atoms with E-state index in [4.69, 9.17) is 4.74 Å². The Balaban J connectivity index is 2.09. The highest BCUT2D eigenvalue weighted by molar-refractivity contribution is 5.93. The van der Waals surface area contributed by atoms with E-state index in [1.165, 1.54) is 6.92 Å². The molecule has 5 heteroatoms. The number of hydrogen-bond donors (Lipinski definition) is 1. The molecule has 0 aromatic heterocycles. The third kappa shape index (κ3) is 5.92. The van der Waals surface area contributed by atoms with E-state index in [2.05, 4.69) is 5.32 Å². The number of amides is 2. The van der Waals surface area contributed by atoms with Gasteiger partial charge in [-0.05, 0) is 30.2 Å². The molecule has 0 saturated carbocycles. The van der Waals surface area contributed by atoms with Crippen LogP contribution in [0.15, 0.2) is 54.6 Å². The number of anilines is 1. The zero-order chi connectivity index (χ0) is 18.9. The summed E-state index contributed by atoms with van der Waals surface area (Å²) in [6.45, 7) is 6.28. The second kappa shape index (κ2) is 9.61. The molecule has 0 unspecified atom stereocenters. The van der Waals surface area contributed by atoms with Gasteiger partial charge >= 0.3 is 0 Å². The molecule has 0 atom stereocenters. The summed E-state index contributed by atoms with van der Waals surface area (Å²) in [6.07, 6.45) is 0.480. The summed E-state index contributed by atoms with van der Waals surface area (Å²) in [6, 6.07) is 16.8. The zero-order valence-corrected chi connectivity index (χ0v) is 15.6. The number of hydrogen-bond acceptors (Lipinski definition) is 3. The summed E-state index contributed by atoms with van der Waals surface area (Å²) in [5, 5.41) is 2.86. The molecule has 0 heterocycles. The molecule has 0 spiro atoms. The average molecular weight is 354 g/mol. The molecule has 2 aromatic rings. The molecule has 0 fully saturated rings. The van der Waals surface area contributed by atoms with Gasteiger partial charge in [-0.2, -0.15) is 0 Å². The van der Waals surface area contributed by atoms with Gasteiger partial charge < -0.3 is 15.0 Å². The number of rotatable bonds is 8. The lowest BCUT2D eigenvalue weighted by molar-refractivity contribution is -0.122. The standard InChI is InChI=1S/C21H26N2O3/c1-16(2)15-21(25)22-13-14-23(17(3)24)19-11-7-8-12-20(19)26-18-9-5-4-6-10-18/h4-12,16H,13-15H2,1-3H3,(H,22,25). The number of carbonyl (C=O) groups excluding carboxylic acids is 2. The smallest absolute Gasteiger partial charge is 0.224 e. The van der Waals surface area contributed by atoms with Crippen LogP contribution in [0.2, 0.25) is 0 Å². The van der Waals surface area contributed by atoms with Crippen molar-refractivity contribution in [3.8, 4) is 11.5 Å². The molecule has 1 N–H and O–H groups in total. The number of para-hydroxylation sites is 3. The third-order valence-corrected chi connectivity index (χ3v) is 3.76. The van der Waals surface area contributed by atoms with E-state index in [0.717, 1.165) is 0 Å². The molecule has 2 rings (SSSR count). The first-order chi connectivity index (χ1) is 12.5. The summed E-state index contributed by atoms with van der Waals surface area (Å²) < 4.78 is 5.94. The van der Waals surface area contributed by atoms with Gasteiger partial charge in [-0.1, -0.05) is 44.2 Å². The van der Waals surface area contributed by atoms with Crippen molar-refractivity contribution in [2.45, 2.75) is 27.2 Å². The normalized spacial score (nSPS) is 10.5. The molecule has 5 nitrogen and oxygen atoms in total. The molecule has 2 amide bonds. The van der Waals surface area contributed by atoms with E-state index >= 15 is 0 Å². The van der Waals surface area contributed by atoms with Crippen LogP contribution in [0.1, 0.15) is 27.2 Å². The maximum absolute atomic E-state index is 12.2. The molecule has 0 bridgehead atoms. The fourth-order valence-corrected chi connectivity index (χ4v) is 2.58. The van der Waals surface area contributed by atoms with Crippen molar-refractivity contribution >= 4 is 17.5 Å². The van der Waals surface area contributed by atoms with E-state index < -0.39 is 0 Å². The van der Waals surface area contributed by atoms with Crippen LogP contribution in [0, 0.1) is 5.92 Å². The maximum Gasteiger partial charge on any atom is 0.224 e. The van der Waals surface area contributed by atoms with Gasteiger partial charge in [-0.15, -0.1) is 0 Å². The highest BCUT2D eigenvalue weighted by Crippen LogP contribution is 2.32. The minimum atomic E-state index is -0.104. The summed E-state index contributed by atoms with van der Waals surface area (Å²) in [7, 11) is 0. The molecular weight excluding hydrogens is 328 g/mol. The number of nitrogens with one attached hydrogen (secondary N) is 1. The lowest BCUT2D eigenvalue weighted by Gasteiger charge is -2.24. The Morgan fingerprint density at radius 1 is 1.04 bits per heavy atom. The van der Waals surface area contributed by atoms with Crippen LogP contribution < -0.4 is 15.0 Å². The van der Waals surface area contributed by atoms with Crippen LogP contribution >= 0.6 is 0 Å². The fourth-order valence-electron chi connectivity index (χ4n) is 2.58. The van der Waals surface area contributed by atoms with Crippen LogP contribution in [0.3, 0.4) is 0 Å². The minimum Gasteiger partial charge on any atom is -0.455 e. The summed E-state index contributed by atoms with van der Waals surface area (Å²) in [4.78, 5) is 25.6. The first kappa shape index (κ1) is 19.5. The van der Waals surface area contributed by atoms with Gasteiger partial charge in [0.2, 0.25) is 11.8 Å². The fraction of sp³-hybridized carbons (Fsp3) is 0.333. The topological polar surface area (TPSA) is 58.6 Å². The summed E-state index contributed by atoms with van der Waals surface area (Å²) in [5.41, 5.74) is 0.682. The Hall–Kier alpha value is -2.82. The molecule has 0 aliphatic carbocycles. The summed E-state index contributed by atoms with van der Waals surface area (Å²) in [5.74, 6) is 1.50. The number of carbonyl (C=O) groups is 2. The van der Waals surface area contributed by atoms with Gasteiger partial charge in [0.25, 0.3) is 0 Å². The highest BCUT2D eigenvalue weighted by atomic mass is 16.5. The molecule has 0 radical (unpaired) electrons. The monoisotopic (exact) mass is 354 g/mol. The van der Waals surface area contributed by atoms with Crippen molar-refractivity contribution in [1.82, 2.24) is 5.32 Å². The van der Waals surface area contributed by atoms with Crippen molar-refractivity contribution < 1.29 is 14.3 Å². The minimum absolute atomic E-state index is 0.00248. The van der Waals surface area contributed by atoms with Crippen LogP contribution in [-0.4, -0.2) is 24.9 Å². The van der Waals surface area contributed by atoms with Crippen LogP contribution in [-0.2, 0) is 9.59 Å². The zero-order valence-electron chi connectivity index (χ0n) is 15.6. The third-order valence-electron chi connectivity index (χ3n) is 3.76. The maximum atomic E-state index is 12.2. The Bertz CT molecular complexity index is 729. The van der Waals surface area contributed by atoms with Gasteiger partial charge in [-0.25, -0.2) is 0 Å². The Labute approximate surface area is 155 Å². The van der Waals surface area contributed by atoms with Gasteiger partial charge in [0.1, 0.15) is 5.75 Å². The first-order valence-corrected chi connectivity index (χ1v) is 8.84. The molecular formula is C21H26N2O3. The van der Waals surface area contributed by atoms with E-state index in [-0.39, 0.29) is 11.8 Å². The second-order valence-corrected chi connectivity index (χ2v) is 6.50. The Kier molecular flexibility index (Phi) is 7.21. The van der Waals surface area contributed by atoms with Crippen molar-refractivity contribution in [1.29, 1.82) is 0 Å². The van der Waals surface area contributed by atoms with E-state index in [0.29, 0.717) is 42.6 Å². The van der Waals surface area contributed by atoms with Crippen LogP contribution in [0.4, 0.5) is 5.69 Å². The second-order valence-electron chi connectivity index (χ2n) is 6.50. The largest absolute Gasteiger partial charge is 0.455 e. The van der Waals surface area contributed by atoms with Crippen LogP contribution in [0.25, 0.3) is 0 Å². The number of benzene rings is 2. The molecule has 0 aliphatic heterocycles. The Morgan fingerprint density at radius 3 is 2.35 bits per heavy atom. The summed E-state index contributed by atoms with van der Waals surface area (Å²) >= 11 is 0. The predicted molar refractivity (Wildman–Crippen MR) is 103 cm³/mol. The van der Waals surface area contributed by atoms with Crippen molar-refractivity contribution in [3.05, 3.63) is 54.6 Å². The quantitative estimate of drug-likeness (QED) is 0.780. The number of nitrogens with zero attached hydrogens (tertiary/aromatic N) is 1. The first-order valence-electron chi connectivity index (χ1n) is 8.84. The van der Waals surface area contributed by atoms with Gasteiger partial charge in [0.05, 0.1) is 5.69 Å². The van der Waals surface area contributed by atoms with Gasteiger partial charge in [-0.3, -0.25) is 9.59 Å². The molecule has 138 valence electrons. The lowest BCUT2D eigenvalue weighted by atomic mass is 10.1. The van der Waals surface area contributed by atoms with Crippen molar-refractivity contribution in [2.24, 2.45) is 5.92 Å². The Morgan fingerprint density at radius 2 is 1.69 bits per heavy atom. The molecule has 0 saturated heterocycles. The van der Waals surface area contributed by atoms with Crippen molar-refractivity contribution in [3.63, 3.8) is 0 Å². The lowest BCUT2D eigenvalue weighted by Crippen LogP contribution is -2.38. The highest BCUT2D eigenvalue weighted by Gasteiger charge is 2.17. The van der Waals surface area contributed by atoms with Gasteiger partial charge in [0, 0.05) is 26.4 Å². The predicted octanol–water partition coefficient (Wildman–Crippen LogP) is 3.99. The molecule has 26 heavy (non-hydrogen) atoms. The molecule has 2 aromatic carbocycles. The molecule has 0 aliphatic rings. The van der Waals surface area contributed by atoms with Crippen molar-refractivity contribution in [2.75, 3.05) is 18.0 Å².